The van der Waals surface area contributed by atoms with Crippen molar-refractivity contribution < 1.29 is 4.39 Å². The van der Waals surface area contributed by atoms with Gasteiger partial charge in [-0.3, -0.25) is 4.99 Å². The van der Waals surface area contributed by atoms with Crippen molar-refractivity contribution >= 4 is 11.6 Å². The Morgan fingerprint density at radius 3 is 2.84 bits per heavy atom. The highest BCUT2D eigenvalue weighted by Gasteiger charge is 2.48. The van der Waals surface area contributed by atoms with Gasteiger partial charge in [-0.25, -0.2) is 4.39 Å². The van der Waals surface area contributed by atoms with Crippen LogP contribution in [0.15, 0.2) is 29.3 Å². The third-order valence-corrected chi connectivity index (χ3v) is 4.38. The largest absolute Gasteiger partial charge is 0.369 e. The summed E-state index contributed by atoms with van der Waals surface area (Å²) in [6.45, 7) is 4.86. The van der Waals surface area contributed by atoms with Crippen LogP contribution in [0.4, 0.5) is 10.1 Å². The van der Waals surface area contributed by atoms with Gasteiger partial charge in [0.15, 0.2) is 5.96 Å². The Kier molecular flexibility index (Phi) is 2.93. The molecule has 0 bridgehead atoms. The lowest BCUT2D eigenvalue weighted by Gasteiger charge is -2.46. The van der Waals surface area contributed by atoms with Gasteiger partial charge in [0.25, 0.3) is 0 Å². The lowest BCUT2D eigenvalue weighted by Crippen LogP contribution is -2.61. The zero-order valence-electron chi connectivity index (χ0n) is 11.1. The van der Waals surface area contributed by atoms with E-state index < -0.39 is 0 Å². The Balaban J connectivity index is 2.00. The molecule has 2 heterocycles. The normalized spacial score (nSPS) is 30.7. The molecule has 2 aliphatic heterocycles. The van der Waals surface area contributed by atoms with Crippen molar-refractivity contribution in [2.75, 3.05) is 24.5 Å². The van der Waals surface area contributed by atoms with Crippen LogP contribution in [0.5, 0.6) is 0 Å². The fraction of sp³-hybridized carbons (Fsp3) is 0.500. The molecule has 0 aliphatic carbocycles. The zero-order valence-corrected chi connectivity index (χ0v) is 11.1. The average molecular weight is 262 g/mol. The molecule has 2 atom stereocenters. The number of anilines is 1. The summed E-state index contributed by atoms with van der Waals surface area (Å²) in [5, 5.41) is 3.40. The summed E-state index contributed by atoms with van der Waals surface area (Å²) >= 11 is 0. The number of aliphatic imine (C=N–C) groups is 1. The van der Waals surface area contributed by atoms with Crippen molar-refractivity contribution in [2.24, 2.45) is 16.6 Å². The second kappa shape index (κ2) is 4.49. The highest BCUT2D eigenvalue weighted by atomic mass is 19.1. The molecule has 0 radical (unpaired) electrons. The summed E-state index contributed by atoms with van der Waals surface area (Å²) < 4.78 is 13.1. The molecule has 102 valence electrons. The van der Waals surface area contributed by atoms with Crippen LogP contribution >= 0.6 is 0 Å². The molecule has 1 aromatic carbocycles. The number of nitrogens with zero attached hydrogens (tertiary/aromatic N) is 2. The molecule has 2 unspecified atom stereocenters. The van der Waals surface area contributed by atoms with Gasteiger partial charge < -0.3 is 16.0 Å². The topological polar surface area (TPSA) is 53.6 Å². The van der Waals surface area contributed by atoms with Gasteiger partial charge in [0.05, 0.1) is 12.1 Å². The molecule has 5 heteroatoms. The van der Waals surface area contributed by atoms with Crippen molar-refractivity contribution in [1.82, 2.24) is 5.32 Å². The third-order valence-electron chi connectivity index (χ3n) is 4.38. The quantitative estimate of drug-likeness (QED) is 0.803. The van der Waals surface area contributed by atoms with E-state index in [1.54, 1.807) is 12.1 Å². The summed E-state index contributed by atoms with van der Waals surface area (Å²) in [6.07, 6.45) is 0.996. The molecule has 3 rings (SSSR count). The number of rotatable bonds is 1. The molecule has 0 aromatic heterocycles. The highest BCUT2D eigenvalue weighted by Crippen LogP contribution is 2.38. The van der Waals surface area contributed by atoms with Crippen molar-refractivity contribution in [3.05, 3.63) is 30.1 Å². The van der Waals surface area contributed by atoms with Gasteiger partial charge >= 0.3 is 0 Å². The Labute approximate surface area is 112 Å². The van der Waals surface area contributed by atoms with E-state index in [0.717, 1.165) is 31.7 Å². The molecule has 1 spiro atoms. The van der Waals surface area contributed by atoms with Crippen LogP contribution in [-0.2, 0) is 0 Å². The second-order valence-corrected chi connectivity index (χ2v) is 5.45. The van der Waals surface area contributed by atoms with Crippen LogP contribution in [-0.4, -0.2) is 31.1 Å². The first-order valence-electron chi connectivity index (χ1n) is 6.70. The number of hydrogen-bond acceptors (Lipinski definition) is 4. The van der Waals surface area contributed by atoms with Crippen LogP contribution in [0.2, 0.25) is 0 Å². The van der Waals surface area contributed by atoms with Crippen molar-refractivity contribution in [3.63, 3.8) is 0 Å². The lowest BCUT2D eigenvalue weighted by molar-refractivity contribution is 0.240. The number of halogens is 1. The number of nitrogens with two attached hydrogens (primary N) is 1. The number of piperidine rings is 1. The van der Waals surface area contributed by atoms with Gasteiger partial charge in [-0.05, 0) is 43.1 Å². The van der Waals surface area contributed by atoms with E-state index in [0.29, 0.717) is 11.9 Å². The molecule has 3 N–H and O–H groups in total. The Hall–Kier alpha value is -1.62. The monoisotopic (exact) mass is 262 g/mol. The molecule has 1 fully saturated rings. The van der Waals surface area contributed by atoms with Crippen LogP contribution in [0.1, 0.15) is 13.3 Å². The number of nitrogens with one attached hydrogen (secondary N) is 1. The lowest BCUT2D eigenvalue weighted by atomic mass is 9.78. The molecule has 1 saturated heterocycles. The molecular weight excluding hydrogens is 243 g/mol. The minimum atomic E-state index is -0.231. The maximum absolute atomic E-state index is 13.1. The minimum Gasteiger partial charge on any atom is -0.369 e. The second-order valence-electron chi connectivity index (χ2n) is 5.45. The van der Waals surface area contributed by atoms with E-state index in [9.17, 15) is 4.39 Å². The predicted octanol–water partition coefficient (Wildman–Crippen LogP) is 1.33. The summed E-state index contributed by atoms with van der Waals surface area (Å²) in [7, 11) is 0. The molecule has 1 aromatic rings. The van der Waals surface area contributed by atoms with E-state index in [1.165, 1.54) is 12.1 Å². The minimum absolute atomic E-state index is 0.0623. The summed E-state index contributed by atoms with van der Waals surface area (Å²) in [4.78, 5) is 6.54. The fourth-order valence-corrected chi connectivity index (χ4v) is 3.19. The maximum Gasteiger partial charge on any atom is 0.196 e. The van der Waals surface area contributed by atoms with E-state index in [-0.39, 0.29) is 11.4 Å². The zero-order chi connectivity index (χ0) is 13.5. The molecular formula is C14H19FN4. The highest BCUT2D eigenvalue weighted by molar-refractivity contribution is 5.98. The number of benzene rings is 1. The van der Waals surface area contributed by atoms with Gasteiger partial charge in [0.1, 0.15) is 5.82 Å². The molecule has 19 heavy (non-hydrogen) atoms. The molecule has 4 nitrogen and oxygen atoms in total. The summed E-state index contributed by atoms with van der Waals surface area (Å²) in [6, 6.07) is 6.50. The van der Waals surface area contributed by atoms with Crippen LogP contribution in [0.3, 0.4) is 0 Å². The molecule has 0 saturated carbocycles. The van der Waals surface area contributed by atoms with Gasteiger partial charge in [-0.1, -0.05) is 6.92 Å². The number of guanidine groups is 1. The fourth-order valence-electron chi connectivity index (χ4n) is 3.19. The van der Waals surface area contributed by atoms with E-state index in [4.69, 9.17) is 5.73 Å². The SMILES string of the molecule is CC1CNCCC12CN=C(N)N2c1ccc(F)cc1. The average Bonchev–Trinajstić information content (AvgIpc) is 2.73. The molecule has 0 amide bonds. The summed E-state index contributed by atoms with van der Waals surface area (Å²) in [5.41, 5.74) is 6.94. The number of hydrogen-bond donors (Lipinski definition) is 2. The summed E-state index contributed by atoms with van der Waals surface area (Å²) in [5.74, 6) is 0.752. The van der Waals surface area contributed by atoms with Gasteiger partial charge in [0.2, 0.25) is 0 Å². The first kappa shape index (κ1) is 12.4. The van der Waals surface area contributed by atoms with Crippen LogP contribution < -0.4 is 16.0 Å². The smallest absolute Gasteiger partial charge is 0.196 e. The van der Waals surface area contributed by atoms with E-state index in [2.05, 4.69) is 22.1 Å². The van der Waals surface area contributed by atoms with Crippen molar-refractivity contribution in [1.29, 1.82) is 0 Å². The van der Waals surface area contributed by atoms with Crippen molar-refractivity contribution in [3.8, 4) is 0 Å². The standard InChI is InChI=1S/C14H19FN4/c1-10-8-17-7-6-14(10)9-18-13(16)19(14)12-4-2-11(15)3-5-12/h2-5,10,17H,6-9H2,1H3,(H2,16,18). The third kappa shape index (κ3) is 1.89. The van der Waals surface area contributed by atoms with Crippen molar-refractivity contribution in [2.45, 2.75) is 18.9 Å². The first-order valence-corrected chi connectivity index (χ1v) is 6.70. The van der Waals surface area contributed by atoms with Gasteiger partial charge in [-0.15, -0.1) is 0 Å². The van der Waals surface area contributed by atoms with Gasteiger partial charge in [-0.2, -0.15) is 0 Å². The Bertz CT molecular complexity index is 499. The van der Waals surface area contributed by atoms with E-state index >= 15 is 0 Å². The van der Waals surface area contributed by atoms with E-state index in [1.807, 2.05) is 0 Å². The van der Waals surface area contributed by atoms with Crippen LogP contribution in [0, 0.1) is 11.7 Å². The molecule has 2 aliphatic rings. The maximum atomic E-state index is 13.1. The van der Waals surface area contributed by atoms with Gasteiger partial charge in [0, 0.05) is 12.2 Å². The predicted molar refractivity (Wildman–Crippen MR) is 74.8 cm³/mol. The Morgan fingerprint density at radius 1 is 1.42 bits per heavy atom. The first-order chi connectivity index (χ1) is 9.13. The van der Waals surface area contributed by atoms with Crippen LogP contribution in [0.25, 0.3) is 0 Å². The Morgan fingerprint density at radius 2 is 2.16 bits per heavy atom.